The zero-order valence-electron chi connectivity index (χ0n) is 10.9. The first kappa shape index (κ1) is 16.3. The van der Waals surface area contributed by atoms with Crippen LogP contribution in [-0.4, -0.2) is 9.55 Å². The first-order chi connectivity index (χ1) is 7.76. The number of imidazole rings is 1. The normalized spacial score (nSPS) is 9.41. The Bertz CT molecular complexity index is 435. The number of aryl methyl sites for hydroxylation is 1. The van der Waals surface area contributed by atoms with E-state index in [2.05, 4.69) is 55.4 Å². The molecule has 0 saturated heterocycles. The minimum atomic E-state index is 0. The molecule has 0 aliphatic carbocycles. The molecule has 0 unspecified atom stereocenters. The van der Waals surface area contributed by atoms with E-state index in [4.69, 9.17) is 0 Å². The SMILES string of the molecule is CCC.[CH2-]Cn1cnc2cc(CC)ccc21.[Ru+]. The van der Waals surface area contributed by atoms with Gasteiger partial charge in [0.2, 0.25) is 0 Å². The average Bonchev–Trinajstić information content (AvgIpc) is 2.71. The number of nitrogens with zero attached hydrogens (tertiary/aromatic N) is 2. The standard InChI is InChI=1S/C11H13N2.C3H8.Ru/c1-3-9-5-6-11-10(7-9)12-8-13(11)4-2;1-3-2;/h5-8H,2-4H2,1H3;3H2,1-2H3;/q-1;;+1. The summed E-state index contributed by atoms with van der Waals surface area (Å²) in [5.74, 6) is 0. The third-order valence-corrected chi connectivity index (χ3v) is 2.33. The van der Waals surface area contributed by atoms with Gasteiger partial charge < -0.3 is 11.5 Å². The Hall–Kier alpha value is -0.687. The molecule has 0 spiro atoms. The van der Waals surface area contributed by atoms with Gasteiger partial charge in [-0.1, -0.05) is 33.3 Å². The molecule has 3 heteroatoms. The smallest absolute Gasteiger partial charge is 0.361 e. The zero-order valence-corrected chi connectivity index (χ0v) is 12.6. The third kappa shape index (κ3) is 4.24. The predicted molar refractivity (Wildman–Crippen MR) is 70.4 cm³/mol. The number of aromatic nitrogens is 2. The summed E-state index contributed by atoms with van der Waals surface area (Å²) in [6.45, 7) is 11.0. The van der Waals surface area contributed by atoms with Crippen molar-refractivity contribution >= 4 is 11.0 Å². The Morgan fingerprint density at radius 2 is 1.88 bits per heavy atom. The molecule has 0 aliphatic heterocycles. The predicted octanol–water partition coefficient (Wildman–Crippen LogP) is 3.85. The van der Waals surface area contributed by atoms with Gasteiger partial charge in [0.1, 0.15) is 0 Å². The molecule has 0 fully saturated rings. The van der Waals surface area contributed by atoms with E-state index in [9.17, 15) is 0 Å². The molecule has 0 aliphatic rings. The number of rotatable bonds is 2. The minimum absolute atomic E-state index is 0. The molecular formula is C14H21N2Ru. The van der Waals surface area contributed by atoms with Gasteiger partial charge in [-0.05, 0) is 24.1 Å². The number of benzene rings is 1. The van der Waals surface area contributed by atoms with Crippen LogP contribution in [0.3, 0.4) is 0 Å². The Morgan fingerprint density at radius 1 is 1.24 bits per heavy atom. The van der Waals surface area contributed by atoms with Crippen LogP contribution in [0.1, 0.15) is 32.8 Å². The van der Waals surface area contributed by atoms with Crippen molar-refractivity contribution in [1.82, 2.24) is 9.55 Å². The van der Waals surface area contributed by atoms with Gasteiger partial charge in [0.25, 0.3) is 0 Å². The second-order valence-corrected chi connectivity index (χ2v) is 3.82. The summed E-state index contributed by atoms with van der Waals surface area (Å²) in [6.07, 6.45) is 4.16. The maximum atomic E-state index is 4.32. The quantitative estimate of drug-likeness (QED) is 0.607. The molecule has 2 rings (SSSR count). The zero-order chi connectivity index (χ0) is 12.0. The maximum absolute atomic E-state index is 4.32. The Kier molecular flexibility index (Phi) is 8.07. The second-order valence-electron chi connectivity index (χ2n) is 3.82. The molecule has 0 bridgehead atoms. The van der Waals surface area contributed by atoms with Crippen LogP contribution >= 0.6 is 0 Å². The largest absolute Gasteiger partial charge is 1.00 e. The van der Waals surface area contributed by atoms with Crippen LogP contribution in [0.5, 0.6) is 0 Å². The molecule has 1 aromatic heterocycles. The minimum Gasteiger partial charge on any atom is -0.361 e. The molecule has 17 heavy (non-hydrogen) atoms. The average molecular weight is 318 g/mol. The Morgan fingerprint density at radius 3 is 2.41 bits per heavy atom. The molecule has 0 saturated carbocycles. The van der Waals surface area contributed by atoms with Crippen LogP contribution < -0.4 is 0 Å². The van der Waals surface area contributed by atoms with Gasteiger partial charge in [-0.2, -0.15) is 0 Å². The van der Waals surface area contributed by atoms with Crippen molar-refractivity contribution in [1.29, 1.82) is 0 Å². The Balaban J connectivity index is 0.000000583. The summed E-state index contributed by atoms with van der Waals surface area (Å²) in [4.78, 5) is 4.32. The second kappa shape index (κ2) is 8.41. The van der Waals surface area contributed by atoms with Gasteiger partial charge >= 0.3 is 19.5 Å². The van der Waals surface area contributed by atoms with Crippen LogP contribution in [-0.2, 0) is 32.4 Å². The van der Waals surface area contributed by atoms with Gasteiger partial charge in [0.05, 0.1) is 17.4 Å². The van der Waals surface area contributed by atoms with Crippen molar-refractivity contribution in [2.24, 2.45) is 0 Å². The van der Waals surface area contributed by atoms with Crippen molar-refractivity contribution < 1.29 is 19.5 Å². The fraction of sp³-hybridized carbons (Fsp3) is 0.429. The van der Waals surface area contributed by atoms with E-state index in [1.54, 1.807) is 0 Å². The van der Waals surface area contributed by atoms with E-state index in [0.29, 0.717) is 0 Å². The van der Waals surface area contributed by atoms with E-state index in [-0.39, 0.29) is 19.5 Å². The molecular weight excluding hydrogens is 297 g/mol. The molecule has 95 valence electrons. The van der Waals surface area contributed by atoms with Crippen molar-refractivity contribution in [3.63, 3.8) is 0 Å². The van der Waals surface area contributed by atoms with Gasteiger partial charge in [-0.3, -0.25) is 0 Å². The number of hydrogen-bond acceptors (Lipinski definition) is 1. The van der Waals surface area contributed by atoms with Gasteiger partial charge in [-0.25, -0.2) is 4.98 Å². The van der Waals surface area contributed by atoms with Crippen molar-refractivity contribution in [2.75, 3.05) is 0 Å². The number of hydrogen-bond donors (Lipinski definition) is 0. The van der Waals surface area contributed by atoms with Crippen molar-refractivity contribution in [2.45, 2.75) is 40.2 Å². The summed E-state index contributed by atoms with van der Waals surface area (Å²) in [5.41, 5.74) is 3.58. The molecule has 2 aromatic rings. The molecule has 2 nitrogen and oxygen atoms in total. The van der Waals surface area contributed by atoms with E-state index in [1.165, 1.54) is 17.5 Å². The molecule has 0 amide bonds. The first-order valence-electron chi connectivity index (χ1n) is 5.99. The van der Waals surface area contributed by atoms with E-state index in [1.807, 2.05) is 6.33 Å². The van der Waals surface area contributed by atoms with Crippen LogP contribution in [0, 0.1) is 6.92 Å². The van der Waals surface area contributed by atoms with Gasteiger partial charge in [-0.15, -0.1) is 6.54 Å². The van der Waals surface area contributed by atoms with E-state index >= 15 is 0 Å². The molecule has 0 N–H and O–H groups in total. The topological polar surface area (TPSA) is 17.8 Å². The monoisotopic (exact) mass is 319 g/mol. The first-order valence-corrected chi connectivity index (χ1v) is 5.99. The van der Waals surface area contributed by atoms with E-state index in [0.717, 1.165) is 18.5 Å². The molecule has 1 heterocycles. The van der Waals surface area contributed by atoms with Crippen molar-refractivity contribution in [3.05, 3.63) is 37.0 Å². The fourth-order valence-corrected chi connectivity index (χ4v) is 1.51. The van der Waals surface area contributed by atoms with E-state index < -0.39 is 0 Å². The molecule has 1 radical (unpaired) electrons. The Labute approximate surface area is 117 Å². The summed E-state index contributed by atoms with van der Waals surface area (Å²) in [7, 11) is 0. The van der Waals surface area contributed by atoms with Crippen LogP contribution in [0.15, 0.2) is 24.5 Å². The summed E-state index contributed by atoms with van der Waals surface area (Å²) in [6, 6.07) is 6.41. The van der Waals surface area contributed by atoms with Crippen LogP contribution in [0.25, 0.3) is 11.0 Å². The summed E-state index contributed by atoms with van der Waals surface area (Å²) < 4.78 is 2.05. The summed E-state index contributed by atoms with van der Waals surface area (Å²) in [5, 5.41) is 0. The van der Waals surface area contributed by atoms with Gasteiger partial charge in [0.15, 0.2) is 0 Å². The number of fused-ring (bicyclic) bond motifs is 1. The van der Waals surface area contributed by atoms with Gasteiger partial charge in [0, 0.05) is 0 Å². The van der Waals surface area contributed by atoms with Crippen LogP contribution in [0.2, 0.25) is 0 Å². The van der Waals surface area contributed by atoms with Crippen LogP contribution in [0.4, 0.5) is 0 Å². The fourth-order valence-electron chi connectivity index (χ4n) is 1.51. The third-order valence-electron chi connectivity index (χ3n) is 2.33. The maximum Gasteiger partial charge on any atom is 1.00 e. The molecule has 1 aromatic carbocycles. The molecule has 0 atom stereocenters. The van der Waals surface area contributed by atoms with Crippen molar-refractivity contribution in [3.8, 4) is 0 Å². The summed E-state index contributed by atoms with van der Waals surface area (Å²) >= 11 is 0.